The zero-order valence-electron chi connectivity index (χ0n) is 13.4. The molecule has 0 spiro atoms. The molecule has 2 aromatic heterocycles. The highest BCUT2D eigenvalue weighted by atomic mass is 15.3. The van der Waals surface area contributed by atoms with Gasteiger partial charge >= 0.3 is 0 Å². The van der Waals surface area contributed by atoms with Crippen molar-refractivity contribution in [1.29, 1.82) is 0 Å². The van der Waals surface area contributed by atoms with Crippen molar-refractivity contribution in [3.8, 4) is 0 Å². The summed E-state index contributed by atoms with van der Waals surface area (Å²) < 4.78 is 1.82. The number of benzene rings is 1. The lowest BCUT2D eigenvalue weighted by atomic mass is 10.0. The standard InChI is InChI=1S/C18H21N5/c1-22-17-16(12-21-22)18(20-13-19-17)23-11-5-8-15(23)10-9-14-6-3-2-4-7-14/h2-4,6-7,12-13,15H,5,8-11H2,1H3/t15-/m0/s1. The lowest BCUT2D eigenvalue weighted by molar-refractivity contribution is 0.607. The summed E-state index contributed by atoms with van der Waals surface area (Å²) >= 11 is 0. The minimum Gasteiger partial charge on any atom is -0.353 e. The molecule has 5 nitrogen and oxygen atoms in total. The molecule has 1 aromatic carbocycles. The van der Waals surface area contributed by atoms with Crippen LogP contribution < -0.4 is 4.90 Å². The highest BCUT2D eigenvalue weighted by Gasteiger charge is 2.27. The van der Waals surface area contributed by atoms with Crippen LogP contribution in [0, 0.1) is 0 Å². The van der Waals surface area contributed by atoms with E-state index in [4.69, 9.17) is 0 Å². The van der Waals surface area contributed by atoms with Gasteiger partial charge in [0, 0.05) is 19.6 Å². The first-order valence-electron chi connectivity index (χ1n) is 8.26. The maximum absolute atomic E-state index is 4.57. The number of fused-ring (bicyclic) bond motifs is 1. The van der Waals surface area contributed by atoms with Crippen molar-refractivity contribution in [3.05, 3.63) is 48.4 Å². The van der Waals surface area contributed by atoms with Crippen molar-refractivity contribution in [2.75, 3.05) is 11.4 Å². The van der Waals surface area contributed by atoms with E-state index in [1.165, 1.54) is 18.4 Å². The molecule has 3 heterocycles. The molecular formula is C18H21N5. The fourth-order valence-electron chi connectivity index (χ4n) is 3.57. The van der Waals surface area contributed by atoms with E-state index in [0.717, 1.165) is 36.2 Å². The lowest BCUT2D eigenvalue weighted by Crippen LogP contribution is -2.30. The maximum atomic E-state index is 4.57. The van der Waals surface area contributed by atoms with Crippen LogP contribution in [0.1, 0.15) is 24.8 Å². The quantitative estimate of drug-likeness (QED) is 0.743. The van der Waals surface area contributed by atoms with E-state index in [9.17, 15) is 0 Å². The van der Waals surface area contributed by atoms with Gasteiger partial charge in [-0.05, 0) is 31.2 Å². The highest BCUT2D eigenvalue weighted by Crippen LogP contribution is 2.31. The SMILES string of the molecule is Cn1ncc2c(N3CCC[C@H]3CCc3ccccc3)ncnc21. The fourth-order valence-corrected chi connectivity index (χ4v) is 3.57. The van der Waals surface area contributed by atoms with Crippen LogP contribution in [0.4, 0.5) is 5.82 Å². The summed E-state index contributed by atoms with van der Waals surface area (Å²) in [5.41, 5.74) is 2.32. The topological polar surface area (TPSA) is 46.8 Å². The number of anilines is 1. The zero-order chi connectivity index (χ0) is 15.6. The summed E-state index contributed by atoms with van der Waals surface area (Å²) in [5.74, 6) is 1.04. The molecular weight excluding hydrogens is 286 g/mol. The van der Waals surface area contributed by atoms with Gasteiger partial charge in [0.15, 0.2) is 5.65 Å². The Morgan fingerprint density at radius 2 is 2.04 bits per heavy atom. The van der Waals surface area contributed by atoms with E-state index in [2.05, 4.69) is 50.3 Å². The Hall–Kier alpha value is -2.43. The highest BCUT2D eigenvalue weighted by molar-refractivity contribution is 5.86. The molecule has 4 rings (SSSR count). The normalized spacial score (nSPS) is 18.0. The maximum Gasteiger partial charge on any atom is 0.163 e. The predicted octanol–water partition coefficient (Wildman–Crippen LogP) is 2.96. The van der Waals surface area contributed by atoms with E-state index in [0.29, 0.717) is 6.04 Å². The van der Waals surface area contributed by atoms with Gasteiger partial charge in [0.05, 0.1) is 11.6 Å². The first-order chi connectivity index (χ1) is 11.3. The Labute approximate surface area is 136 Å². The second-order valence-electron chi connectivity index (χ2n) is 6.22. The van der Waals surface area contributed by atoms with Crippen molar-refractivity contribution < 1.29 is 0 Å². The molecule has 0 aliphatic carbocycles. The van der Waals surface area contributed by atoms with Crippen LogP contribution in [-0.2, 0) is 13.5 Å². The third kappa shape index (κ3) is 2.67. The number of hydrogen-bond acceptors (Lipinski definition) is 4. The number of hydrogen-bond donors (Lipinski definition) is 0. The van der Waals surface area contributed by atoms with E-state index in [-0.39, 0.29) is 0 Å². The first-order valence-corrected chi connectivity index (χ1v) is 8.26. The van der Waals surface area contributed by atoms with Crippen molar-refractivity contribution in [1.82, 2.24) is 19.7 Å². The van der Waals surface area contributed by atoms with E-state index in [1.807, 2.05) is 17.9 Å². The summed E-state index contributed by atoms with van der Waals surface area (Å²) in [7, 11) is 1.93. The van der Waals surface area contributed by atoms with Crippen LogP contribution in [0.25, 0.3) is 11.0 Å². The van der Waals surface area contributed by atoms with E-state index < -0.39 is 0 Å². The Kier molecular flexibility index (Phi) is 3.69. The monoisotopic (exact) mass is 307 g/mol. The van der Waals surface area contributed by atoms with Gasteiger partial charge in [-0.3, -0.25) is 4.68 Å². The molecule has 0 saturated carbocycles. The molecule has 0 unspecified atom stereocenters. The number of rotatable bonds is 4. The molecule has 1 atom stereocenters. The lowest BCUT2D eigenvalue weighted by Gasteiger charge is -2.26. The van der Waals surface area contributed by atoms with Gasteiger partial charge in [0.2, 0.25) is 0 Å². The zero-order valence-corrected chi connectivity index (χ0v) is 13.4. The van der Waals surface area contributed by atoms with Gasteiger partial charge in [-0.2, -0.15) is 5.10 Å². The van der Waals surface area contributed by atoms with Crippen molar-refractivity contribution in [2.45, 2.75) is 31.7 Å². The molecule has 0 amide bonds. The van der Waals surface area contributed by atoms with Crippen molar-refractivity contribution in [2.24, 2.45) is 7.05 Å². The number of aromatic nitrogens is 4. The minimum absolute atomic E-state index is 0.550. The largest absolute Gasteiger partial charge is 0.353 e. The molecule has 118 valence electrons. The van der Waals surface area contributed by atoms with Gasteiger partial charge < -0.3 is 4.90 Å². The molecule has 1 aliphatic rings. The molecule has 1 aliphatic heterocycles. The average molecular weight is 307 g/mol. The summed E-state index contributed by atoms with van der Waals surface area (Å²) in [6, 6.07) is 11.3. The van der Waals surface area contributed by atoms with Crippen molar-refractivity contribution >= 4 is 16.9 Å². The molecule has 5 heteroatoms. The fraction of sp³-hybridized carbons (Fsp3) is 0.389. The Bertz CT molecular complexity index is 796. The van der Waals surface area contributed by atoms with Gasteiger partial charge in [0.1, 0.15) is 12.1 Å². The van der Waals surface area contributed by atoms with Gasteiger partial charge in [0.25, 0.3) is 0 Å². The number of aryl methyl sites for hydroxylation is 2. The van der Waals surface area contributed by atoms with Crippen molar-refractivity contribution in [3.63, 3.8) is 0 Å². The smallest absolute Gasteiger partial charge is 0.163 e. The van der Waals surface area contributed by atoms with E-state index in [1.54, 1.807) is 6.33 Å². The third-order valence-electron chi connectivity index (χ3n) is 4.77. The summed E-state index contributed by atoms with van der Waals surface area (Å²) in [6.45, 7) is 1.07. The Balaban J connectivity index is 1.57. The molecule has 1 saturated heterocycles. The van der Waals surface area contributed by atoms with Crippen LogP contribution in [-0.4, -0.2) is 32.3 Å². The Morgan fingerprint density at radius 3 is 2.91 bits per heavy atom. The van der Waals surface area contributed by atoms with Crippen LogP contribution in [0.2, 0.25) is 0 Å². The second kappa shape index (κ2) is 5.99. The van der Waals surface area contributed by atoms with E-state index >= 15 is 0 Å². The molecule has 0 N–H and O–H groups in total. The second-order valence-corrected chi connectivity index (χ2v) is 6.22. The molecule has 0 bridgehead atoms. The van der Waals surface area contributed by atoms with Crippen LogP contribution in [0.3, 0.4) is 0 Å². The molecule has 1 fully saturated rings. The molecule has 3 aromatic rings. The van der Waals surface area contributed by atoms with Crippen LogP contribution in [0.15, 0.2) is 42.9 Å². The van der Waals surface area contributed by atoms with Gasteiger partial charge in [-0.1, -0.05) is 30.3 Å². The minimum atomic E-state index is 0.550. The Morgan fingerprint density at radius 1 is 1.17 bits per heavy atom. The summed E-state index contributed by atoms with van der Waals surface area (Å²) in [6.07, 6.45) is 8.28. The predicted molar refractivity (Wildman–Crippen MR) is 91.4 cm³/mol. The first kappa shape index (κ1) is 14.2. The van der Waals surface area contributed by atoms with Crippen LogP contribution >= 0.6 is 0 Å². The number of nitrogens with zero attached hydrogens (tertiary/aromatic N) is 5. The average Bonchev–Trinajstić information content (AvgIpc) is 3.21. The summed E-state index contributed by atoms with van der Waals surface area (Å²) in [4.78, 5) is 11.4. The van der Waals surface area contributed by atoms with Crippen LogP contribution in [0.5, 0.6) is 0 Å². The van der Waals surface area contributed by atoms with Gasteiger partial charge in [-0.25, -0.2) is 9.97 Å². The van der Waals surface area contributed by atoms with Gasteiger partial charge in [-0.15, -0.1) is 0 Å². The summed E-state index contributed by atoms with van der Waals surface area (Å²) in [5, 5.41) is 5.39. The third-order valence-corrected chi connectivity index (χ3v) is 4.77. The molecule has 23 heavy (non-hydrogen) atoms. The molecule has 0 radical (unpaired) electrons.